The number of fused-ring (bicyclic) bond motifs is 1. The number of pyridine rings is 1. The Morgan fingerprint density at radius 1 is 1.50 bits per heavy atom. The van der Waals surface area contributed by atoms with Gasteiger partial charge in [0.05, 0.1) is 11.3 Å². The molecule has 0 fully saturated rings. The van der Waals surface area contributed by atoms with E-state index in [-0.39, 0.29) is 11.5 Å². The molecule has 0 aliphatic heterocycles. The van der Waals surface area contributed by atoms with E-state index in [0.29, 0.717) is 5.65 Å². The van der Waals surface area contributed by atoms with Gasteiger partial charge in [-0.1, -0.05) is 13.8 Å². The van der Waals surface area contributed by atoms with E-state index >= 15 is 0 Å². The first-order valence-corrected chi connectivity index (χ1v) is 5.06. The van der Waals surface area contributed by atoms with Crippen LogP contribution in [0, 0.1) is 0 Å². The van der Waals surface area contributed by atoms with Crippen LogP contribution in [0.4, 0.5) is 0 Å². The molecular weight excluding hydrogens is 206 g/mol. The first kappa shape index (κ1) is 10.6. The molecule has 2 rings (SSSR count). The van der Waals surface area contributed by atoms with E-state index in [1.54, 1.807) is 10.7 Å². The van der Waals surface area contributed by atoms with Crippen LogP contribution in [-0.4, -0.2) is 25.8 Å². The van der Waals surface area contributed by atoms with Gasteiger partial charge in [-0.3, -0.25) is 4.68 Å². The average Bonchev–Trinajstić information content (AvgIpc) is 2.56. The summed E-state index contributed by atoms with van der Waals surface area (Å²) >= 11 is 0. The van der Waals surface area contributed by atoms with Gasteiger partial charge in [0.1, 0.15) is 0 Å². The third-order valence-electron chi connectivity index (χ3n) is 2.50. The number of hydrogen-bond acceptors (Lipinski definition) is 3. The molecule has 0 aliphatic rings. The van der Waals surface area contributed by atoms with Crippen LogP contribution in [0.25, 0.3) is 11.0 Å². The van der Waals surface area contributed by atoms with E-state index in [1.165, 1.54) is 6.20 Å². The van der Waals surface area contributed by atoms with Gasteiger partial charge >= 0.3 is 5.97 Å². The molecule has 2 aromatic rings. The zero-order chi connectivity index (χ0) is 11.9. The first-order chi connectivity index (χ1) is 7.50. The molecule has 1 N–H and O–H groups in total. The predicted molar refractivity (Wildman–Crippen MR) is 59.6 cm³/mol. The molecule has 2 aromatic heterocycles. The molecule has 0 bridgehead atoms. The van der Waals surface area contributed by atoms with Crippen LogP contribution < -0.4 is 0 Å². The van der Waals surface area contributed by atoms with Crippen molar-refractivity contribution in [3.8, 4) is 0 Å². The number of nitrogens with zero attached hydrogens (tertiary/aromatic N) is 3. The Morgan fingerprint density at radius 2 is 2.19 bits per heavy atom. The smallest absolute Gasteiger partial charge is 0.337 e. The summed E-state index contributed by atoms with van der Waals surface area (Å²) in [5.74, 6) is -0.720. The van der Waals surface area contributed by atoms with E-state index < -0.39 is 5.97 Å². The largest absolute Gasteiger partial charge is 0.478 e. The first-order valence-electron chi connectivity index (χ1n) is 5.06. The lowest BCUT2D eigenvalue weighted by molar-refractivity contribution is 0.0696. The van der Waals surface area contributed by atoms with Gasteiger partial charge in [-0.2, -0.15) is 5.10 Å². The summed E-state index contributed by atoms with van der Waals surface area (Å²) in [6.45, 7) is 4.05. The third-order valence-corrected chi connectivity index (χ3v) is 2.50. The molecule has 0 amide bonds. The second kappa shape index (κ2) is 3.59. The molecule has 0 unspecified atom stereocenters. The Hall–Kier alpha value is -1.91. The minimum absolute atomic E-state index is 0.197. The number of aryl methyl sites for hydroxylation is 1. The molecule has 0 spiro atoms. The normalized spacial score (nSPS) is 11.2. The molecule has 0 saturated carbocycles. The molecule has 0 aromatic carbocycles. The number of aromatic nitrogens is 3. The molecule has 16 heavy (non-hydrogen) atoms. The van der Waals surface area contributed by atoms with Crippen molar-refractivity contribution in [2.24, 2.45) is 7.05 Å². The third kappa shape index (κ3) is 1.54. The van der Waals surface area contributed by atoms with Crippen LogP contribution in [0.5, 0.6) is 0 Å². The van der Waals surface area contributed by atoms with Crippen molar-refractivity contribution < 1.29 is 9.90 Å². The van der Waals surface area contributed by atoms with Crippen LogP contribution in [0.2, 0.25) is 0 Å². The highest BCUT2D eigenvalue weighted by atomic mass is 16.4. The summed E-state index contributed by atoms with van der Waals surface area (Å²) in [6.07, 6.45) is 1.36. The highest BCUT2D eigenvalue weighted by molar-refractivity contribution is 5.92. The van der Waals surface area contributed by atoms with Crippen molar-refractivity contribution in [2.45, 2.75) is 19.8 Å². The molecule has 0 aliphatic carbocycles. The Bertz CT molecular complexity index is 558. The van der Waals surface area contributed by atoms with Gasteiger partial charge in [0.2, 0.25) is 0 Å². The number of hydrogen-bond donors (Lipinski definition) is 1. The highest BCUT2D eigenvalue weighted by Crippen LogP contribution is 2.23. The van der Waals surface area contributed by atoms with Crippen LogP contribution >= 0.6 is 0 Å². The number of carbonyl (C=O) groups is 1. The monoisotopic (exact) mass is 219 g/mol. The van der Waals surface area contributed by atoms with Crippen molar-refractivity contribution in [3.63, 3.8) is 0 Å². The number of rotatable bonds is 2. The molecule has 84 valence electrons. The van der Waals surface area contributed by atoms with Crippen LogP contribution in [0.15, 0.2) is 12.3 Å². The lowest BCUT2D eigenvalue weighted by atomic mass is 10.1. The van der Waals surface area contributed by atoms with Crippen molar-refractivity contribution in [3.05, 3.63) is 23.5 Å². The Morgan fingerprint density at radius 3 is 2.75 bits per heavy atom. The summed E-state index contributed by atoms with van der Waals surface area (Å²) < 4.78 is 1.68. The Labute approximate surface area is 92.7 Å². The van der Waals surface area contributed by atoms with Gasteiger partial charge in [0.15, 0.2) is 5.65 Å². The van der Waals surface area contributed by atoms with Crippen LogP contribution in [-0.2, 0) is 7.05 Å². The van der Waals surface area contributed by atoms with Crippen molar-refractivity contribution in [1.82, 2.24) is 14.8 Å². The topological polar surface area (TPSA) is 68.0 Å². The number of carboxylic acids is 1. The predicted octanol–water partition coefficient (Wildman–Crippen LogP) is 1.79. The van der Waals surface area contributed by atoms with Gasteiger partial charge in [-0.15, -0.1) is 0 Å². The average molecular weight is 219 g/mol. The maximum Gasteiger partial charge on any atom is 0.337 e. The highest BCUT2D eigenvalue weighted by Gasteiger charge is 2.14. The van der Waals surface area contributed by atoms with Gasteiger partial charge in [-0.05, 0) is 12.0 Å². The van der Waals surface area contributed by atoms with Crippen LogP contribution in [0.1, 0.15) is 35.8 Å². The number of carboxylic acid groups (broad SMARTS) is 1. The van der Waals surface area contributed by atoms with Gasteiger partial charge < -0.3 is 5.11 Å². The fraction of sp³-hybridized carbons (Fsp3) is 0.364. The zero-order valence-corrected chi connectivity index (χ0v) is 9.43. The SMILES string of the molecule is CC(C)c1nn(C)c2ncc(C(=O)O)cc12. The molecule has 0 saturated heterocycles. The van der Waals surface area contributed by atoms with E-state index in [0.717, 1.165) is 11.1 Å². The van der Waals surface area contributed by atoms with Crippen molar-refractivity contribution >= 4 is 17.0 Å². The number of aromatic carboxylic acids is 1. The fourth-order valence-corrected chi connectivity index (χ4v) is 1.71. The fourth-order valence-electron chi connectivity index (χ4n) is 1.71. The Kier molecular flexibility index (Phi) is 2.38. The van der Waals surface area contributed by atoms with E-state index in [2.05, 4.69) is 10.1 Å². The quantitative estimate of drug-likeness (QED) is 0.836. The summed E-state index contributed by atoms with van der Waals surface area (Å²) in [6, 6.07) is 1.63. The summed E-state index contributed by atoms with van der Waals surface area (Å²) in [7, 11) is 1.81. The summed E-state index contributed by atoms with van der Waals surface area (Å²) in [5.41, 5.74) is 1.80. The van der Waals surface area contributed by atoms with Crippen molar-refractivity contribution in [1.29, 1.82) is 0 Å². The maximum absolute atomic E-state index is 10.9. The van der Waals surface area contributed by atoms with Crippen LogP contribution in [0.3, 0.4) is 0 Å². The molecule has 5 nitrogen and oxygen atoms in total. The lowest BCUT2D eigenvalue weighted by Crippen LogP contribution is -1.98. The zero-order valence-electron chi connectivity index (χ0n) is 9.43. The summed E-state index contributed by atoms with van der Waals surface area (Å²) in [4.78, 5) is 15.0. The van der Waals surface area contributed by atoms with Gasteiger partial charge in [-0.25, -0.2) is 9.78 Å². The minimum atomic E-state index is -0.965. The van der Waals surface area contributed by atoms with Gasteiger partial charge in [0, 0.05) is 18.6 Å². The molecular formula is C11H13N3O2. The lowest BCUT2D eigenvalue weighted by Gasteiger charge is -2.00. The summed E-state index contributed by atoms with van der Waals surface area (Å²) in [5, 5.41) is 14.1. The molecule has 2 heterocycles. The molecule has 0 atom stereocenters. The van der Waals surface area contributed by atoms with Gasteiger partial charge in [0.25, 0.3) is 0 Å². The Balaban J connectivity index is 2.74. The van der Waals surface area contributed by atoms with E-state index in [4.69, 9.17) is 5.11 Å². The maximum atomic E-state index is 10.9. The molecule has 0 radical (unpaired) electrons. The minimum Gasteiger partial charge on any atom is -0.478 e. The standard InChI is InChI=1S/C11H13N3O2/c1-6(2)9-8-4-7(11(15)16)5-12-10(8)14(3)13-9/h4-6H,1-3H3,(H,15,16). The molecule has 5 heteroatoms. The second-order valence-corrected chi connectivity index (χ2v) is 4.06. The van der Waals surface area contributed by atoms with Crippen molar-refractivity contribution in [2.75, 3.05) is 0 Å². The van der Waals surface area contributed by atoms with E-state index in [9.17, 15) is 4.79 Å². The van der Waals surface area contributed by atoms with E-state index in [1.807, 2.05) is 20.9 Å². The second-order valence-electron chi connectivity index (χ2n) is 4.06.